The molecule has 0 atom stereocenters. The Morgan fingerprint density at radius 3 is 2.64 bits per heavy atom. The highest BCUT2D eigenvalue weighted by Gasteiger charge is 2.10. The van der Waals surface area contributed by atoms with Crippen LogP contribution >= 0.6 is 23.4 Å². The fraction of sp³-hybridized carbons (Fsp3) is 0.0769. The van der Waals surface area contributed by atoms with Gasteiger partial charge in [0.15, 0.2) is 5.16 Å². The number of halogens is 1. The molecular weight excluding hydrogens is 324 g/mol. The van der Waals surface area contributed by atoms with Gasteiger partial charge in [-0.3, -0.25) is 4.79 Å². The van der Waals surface area contributed by atoms with E-state index in [1.165, 1.54) is 18.2 Å². The van der Waals surface area contributed by atoms with Gasteiger partial charge >= 0.3 is 0 Å². The van der Waals surface area contributed by atoms with E-state index >= 15 is 0 Å². The normalized spacial score (nSPS) is 10.0. The number of nitrogens with zero attached hydrogens (tertiary/aromatic N) is 3. The molecule has 1 amide bonds. The summed E-state index contributed by atoms with van der Waals surface area (Å²) in [6, 6.07) is 8.03. The van der Waals surface area contributed by atoms with Gasteiger partial charge in [0.25, 0.3) is 0 Å². The predicted molar refractivity (Wildman–Crippen MR) is 86.4 cm³/mol. The average molecular weight is 335 g/mol. The number of nitrogen functional groups attached to an aromatic ring is 2. The molecular formula is C13H11ClN6OS. The number of rotatable bonds is 4. The van der Waals surface area contributed by atoms with E-state index in [9.17, 15) is 4.79 Å². The Kier molecular flexibility index (Phi) is 5.04. The van der Waals surface area contributed by atoms with Crippen LogP contribution in [-0.4, -0.2) is 21.6 Å². The van der Waals surface area contributed by atoms with Crippen LogP contribution in [-0.2, 0) is 4.79 Å². The highest BCUT2D eigenvalue weighted by atomic mass is 35.5. The maximum absolute atomic E-state index is 11.9. The zero-order chi connectivity index (χ0) is 16.1. The average Bonchev–Trinajstić information content (AvgIpc) is 2.44. The van der Waals surface area contributed by atoms with Gasteiger partial charge in [-0.15, -0.1) is 0 Å². The van der Waals surface area contributed by atoms with E-state index in [0.717, 1.165) is 11.8 Å². The van der Waals surface area contributed by atoms with E-state index in [4.69, 9.17) is 28.3 Å². The number of carbonyl (C=O) groups is 1. The molecule has 1 aromatic heterocycles. The Balaban J connectivity index is 2.02. The molecule has 0 aliphatic heterocycles. The molecule has 0 bridgehead atoms. The maximum Gasteiger partial charge on any atom is 0.234 e. The standard InChI is InChI=1S/C13H11ClN6OS/c14-8-2-1-7(5-15)9(3-8)18-12(21)6-22-13-19-10(16)4-11(17)20-13/h1-4H,6H2,(H,18,21)(H4,16,17,19,20). The Morgan fingerprint density at radius 1 is 1.32 bits per heavy atom. The van der Waals surface area contributed by atoms with E-state index in [0.29, 0.717) is 21.4 Å². The number of anilines is 3. The number of hydrogen-bond acceptors (Lipinski definition) is 7. The van der Waals surface area contributed by atoms with Gasteiger partial charge in [-0.05, 0) is 18.2 Å². The number of nitriles is 1. The Bertz CT molecular complexity index is 740. The molecule has 2 aromatic rings. The summed E-state index contributed by atoms with van der Waals surface area (Å²) in [6.45, 7) is 0. The Hall–Kier alpha value is -2.50. The van der Waals surface area contributed by atoms with Gasteiger partial charge in [0, 0.05) is 11.1 Å². The van der Waals surface area contributed by atoms with Crippen LogP contribution in [0.3, 0.4) is 0 Å². The minimum absolute atomic E-state index is 0.0419. The smallest absolute Gasteiger partial charge is 0.234 e. The van der Waals surface area contributed by atoms with Crippen LogP contribution in [0, 0.1) is 11.3 Å². The molecule has 0 saturated heterocycles. The van der Waals surface area contributed by atoms with Gasteiger partial charge in [0.2, 0.25) is 5.91 Å². The van der Waals surface area contributed by atoms with Crippen molar-refractivity contribution in [3.63, 3.8) is 0 Å². The summed E-state index contributed by atoms with van der Waals surface area (Å²) in [5.74, 6) is 0.183. The largest absolute Gasteiger partial charge is 0.383 e. The van der Waals surface area contributed by atoms with Gasteiger partial charge in [0.05, 0.1) is 17.0 Å². The summed E-state index contributed by atoms with van der Waals surface area (Å²) in [6.07, 6.45) is 0. The van der Waals surface area contributed by atoms with Crippen molar-refractivity contribution in [3.8, 4) is 6.07 Å². The second-order valence-electron chi connectivity index (χ2n) is 4.14. The molecule has 0 aliphatic carbocycles. The minimum atomic E-state index is -0.326. The van der Waals surface area contributed by atoms with Gasteiger partial charge in [-0.25, -0.2) is 9.97 Å². The molecule has 0 aliphatic rings. The predicted octanol–water partition coefficient (Wildman–Crippen LogP) is 1.90. The minimum Gasteiger partial charge on any atom is -0.383 e. The fourth-order valence-corrected chi connectivity index (χ4v) is 2.40. The van der Waals surface area contributed by atoms with Gasteiger partial charge < -0.3 is 16.8 Å². The van der Waals surface area contributed by atoms with Crippen molar-refractivity contribution in [2.75, 3.05) is 22.5 Å². The quantitative estimate of drug-likeness (QED) is 0.574. The van der Waals surface area contributed by atoms with E-state index < -0.39 is 0 Å². The molecule has 112 valence electrons. The topological polar surface area (TPSA) is 131 Å². The molecule has 1 heterocycles. The Labute approximate surface area is 135 Å². The van der Waals surface area contributed by atoms with E-state index in [1.807, 2.05) is 6.07 Å². The van der Waals surface area contributed by atoms with E-state index in [2.05, 4.69) is 15.3 Å². The van der Waals surface area contributed by atoms with Gasteiger partial charge in [-0.1, -0.05) is 23.4 Å². The molecule has 5 N–H and O–H groups in total. The van der Waals surface area contributed by atoms with Crippen molar-refractivity contribution in [1.82, 2.24) is 9.97 Å². The maximum atomic E-state index is 11.9. The zero-order valence-corrected chi connectivity index (χ0v) is 12.8. The first-order valence-corrected chi connectivity index (χ1v) is 7.36. The molecule has 0 spiro atoms. The van der Waals surface area contributed by atoms with Crippen LogP contribution in [0.4, 0.5) is 17.3 Å². The molecule has 0 unspecified atom stereocenters. The number of benzene rings is 1. The third kappa shape index (κ3) is 4.25. The number of amides is 1. The van der Waals surface area contributed by atoms with Crippen molar-refractivity contribution < 1.29 is 4.79 Å². The molecule has 0 saturated carbocycles. The van der Waals surface area contributed by atoms with Crippen LogP contribution < -0.4 is 16.8 Å². The molecule has 2 rings (SSSR count). The van der Waals surface area contributed by atoms with Crippen LogP contribution in [0.25, 0.3) is 0 Å². The second-order valence-corrected chi connectivity index (χ2v) is 5.52. The highest BCUT2D eigenvalue weighted by molar-refractivity contribution is 7.99. The molecule has 7 nitrogen and oxygen atoms in total. The van der Waals surface area contributed by atoms with E-state index in [-0.39, 0.29) is 23.3 Å². The number of nitrogens with two attached hydrogens (primary N) is 2. The van der Waals surface area contributed by atoms with Crippen molar-refractivity contribution >= 4 is 46.6 Å². The summed E-state index contributed by atoms with van der Waals surface area (Å²) in [4.78, 5) is 19.8. The van der Waals surface area contributed by atoms with Crippen molar-refractivity contribution in [3.05, 3.63) is 34.9 Å². The lowest BCUT2D eigenvalue weighted by Crippen LogP contribution is -2.15. The lowest BCUT2D eigenvalue weighted by molar-refractivity contribution is -0.113. The second kappa shape index (κ2) is 6.98. The summed E-state index contributed by atoms with van der Waals surface area (Å²) in [7, 11) is 0. The molecule has 1 aromatic carbocycles. The van der Waals surface area contributed by atoms with Gasteiger partial charge in [0.1, 0.15) is 17.7 Å². The fourth-order valence-electron chi connectivity index (χ4n) is 1.56. The van der Waals surface area contributed by atoms with Crippen molar-refractivity contribution in [2.24, 2.45) is 0 Å². The van der Waals surface area contributed by atoms with Crippen LogP contribution in [0.15, 0.2) is 29.4 Å². The molecule has 0 radical (unpaired) electrons. The number of carbonyl (C=O) groups excluding carboxylic acids is 1. The van der Waals surface area contributed by atoms with Crippen LogP contribution in [0.1, 0.15) is 5.56 Å². The summed E-state index contributed by atoms with van der Waals surface area (Å²) < 4.78 is 0. The number of thioether (sulfide) groups is 1. The lowest BCUT2D eigenvalue weighted by atomic mass is 10.2. The first-order chi connectivity index (χ1) is 10.5. The SMILES string of the molecule is N#Cc1ccc(Cl)cc1NC(=O)CSc1nc(N)cc(N)n1. The number of aromatic nitrogens is 2. The number of hydrogen-bond donors (Lipinski definition) is 3. The first kappa shape index (κ1) is 15.9. The highest BCUT2D eigenvalue weighted by Crippen LogP contribution is 2.21. The molecule has 22 heavy (non-hydrogen) atoms. The van der Waals surface area contributed by atoms with Gasteiger partial charge in [-0.2, -0.15) is 5.26 Å². The third-order valence-electron chi connectivity index (χ3n) is 2.45. The van der Waals surface area contributed by atoms with Crippen molar-refractivity contribution in [2.45, 2.75) is 5.16 Å². The molecule has 0 fully saturated rings. The summed E-state index contributed by atoms with van der Waals surface area (Å²) in [5.41, 5.74) is 11.8. The first-order valence-electron chi connectivity index (χ1n) is 6.00. The zero-order valence-electron chi connectivity index (χ0n) is 11.2. The van der Waals surface area contributed by atoms with Crippen LogP contribution in [0.2, 0.25) is 5.02 Å². The lowest BCUT2D eigenvalue weighted by Gasteiger charge is -2.07. The molecule has 9 heteroatoms. The summed E-state index contributed by atoms with van der Waals surface area (Å²) in [5, 5.41) is 12.3. The monoisotopic (exact) mass is 334 g/mol. The van der Waals surface area contributed by atoms with Crippen molar-refractivity contribution in [1.29, 1.82) is 5.26 Å². The van der Waals surface area contributed by atoms with Crippen LogP contribution in [0.5, 0.6) is 0 Å². The number of nitrogens with one attached hydrogen (secondary N) is 1. The summed E-state index contributed by atoms with van der Waals surface area (Å²) >= 11 is 6.93. The Morgan fingerprint density at radius 2 is 2.00 bits per heavy atom. The van der Waals surface area contributed by atoms with E-state index in [1.54, 1.807) is 6.07 Å². The third-order valence-corrected chi connectivity index (χ3v) is 3.54.